The van der Waals surface area contributed by atoms with Crippen LogP contribution in [0.5, 0.6) is 0 Å². The molecule has 0 unspecified atom stereocenters. The highest BCUT2D eigenvalue weighted by atomic mass is 79.9. The predicted octanol–water partition coefficient (Wildman–Crippen LogP) is 3.17. The van der Waals surface area contributed by atoms with Gasteiger partial charge in [0.05, 0.1) is 11.1 Å². The van der Waals surface area contributed by atoms with E-state index in [2.05, 4.69) is 26.2 Å². The average Bonchev–Trinajstić information content (AvgIpc) is 2.79. The van der Waals surface area contributed by atoms with Gasteiger partial charge in [-0.05, 0) is 49.2 Å². The third-order valence-corrected chi connectivity index (χ3v) is 4.39. The Balaban J connectivity index is 1.55. The summed E-state index contributed by atoms with van der Waals surface area (Å²) in [4.78, 5) is 41.9. The summed E-state index contributed by atoms with van der Waals surface area (Å²) in [6.07, 6.45) is 2.22. The maximum atomic E-state index is 12.3. The molecule has 7 heteroatoms. The molecule has 6 nitrogen and oxygen atoms in total. The molecule has 1 aliphatic rings. The maximum Gasteiger partial charge on any atom is 0.261 e. The minimum Gasteiger partial charge on any atom is -0.311 e. The first-order valence-electron chi connectivity index (χ1n) is 7.84. The average molecular weight is 402 g/mol. The standard InChI is InChI=1S/C18H16BrN3O3/c1-11-6-7-20-15(9-11)21-16(23)3-2-8-22-17(24)13-5-4-12(19)10-14(13)18(22)25/h4-7,9-10H,2-3,8H2,1H3,(H,20,21,23). The van der Waals surface area contributed by atoms with E-state index in [1.165, 1.54) is 4.90 Å². The van der Waals surface area contributed by atoms with Crippen molar-refractivity contribution < 1.29 is 14.4 Å². The van der Waals surface area contributed by atoms with E-state index in [0.717, 1.165) is 10.0 Å². The number of carbonyl (C=O) groups is 3. The molecule has 0 aliphatic carbocycles. The molecule has 0 saturated carbocycles. The molecule has 2 heterocycles. The van der Waals surface area contributed by atoms with E-state index in [0.29, 0.717) is 23.4 Å². The number of imide groups is 1. The van der Waals surface area contributed by atoms with Gasteiger partial charge in [-0.1, -0.05) is 15.9 Å². The molecule has 0 radical (unpaired) electrons. The van der Waals surface area contributed by atoms with Crippen LogP contribution in [0.2, 0.25) is 0 Å². The van der Waals surface area contributed by atoms with Gasteiger partial charge < -0.3 is 5.32 Å². The lowest BCUT2D eigenvalue weighted by Crippen LogP contribution is -2.31. The van der Waals surface area contributed by atoms with E-state index in [9.17, 15) is 14.4 Å². The topological polar surface area (TPSA) is 79.4 Å². The van der Waals surface area contributed by atoms with Crippen molar-refractivity contribution in [2.24, 2.45) is 0 Å². The lowest BCUT2D eigenvalue weighted by Gasteiger charge is -2.13. The zero-order valence-electron chi connectivity index (χ0n) is 13.6. The SMILES string of the molecule is Cc1ccnc(NC(=O)CCCN2C(=O)c3ccc(Br)cc3C2=O)c1. The van der Waals surface area contributed by atoms with Crippen LogP contribution in [0.3, 0.4) is 0 Å². The molecular formula is C18H16BrN3O3. The van der Waals surface area contributed by atoms with E-state index in [1.807, 2.05) is 13.0 Å². The summed E-state index contributed by atoms with van der Waals surface area (Å²) in [6, 6.07) is 8.63. The molecule has 2 aromatic rings. The summed E-state index contributed by atoms with van der Waals surface area (Å²) in [5.74, 6) is -0.330. The highest BCUT2D eigenvalue weighted by Gasteiger charge is 2.35. The quantitative estimate of drug-likeness (QED) is 0.780. The van der Waals surface area contributed by atoms with Crippen molar-refractivity contribution in [2.45, 2.75) is 19.8 Å². The predicted molar refractivity (Wildman–Crippen MR) is 96.3 cm³/mol. The zero-order chi connectivity index (χ0) is 18.0. The number of fused-ring (bicyclic) bond motifs is 1. The van der Waals surface area contributed by atoms with Crippen molar-refractivity contribution >= 4 is 39.5 Å². The van der Waals surface area contributed by atoms with Crippen LogP contribution in [0.15, 0.2) is 41.0 Å². The van der Waals surface area contributed by atoms with Crippen LogP contribution in [0.25, 0.3) is 0 Å². The normalized spacial score (nSPS) is 13.1. The van der Waals surface area contributed by atoms with Crippen LogP contribution in [0, 0.1) is 6.92 Å². The highest BCUT2D eigenvalue weighted by molar-refractivity contribution is 9.10. The van der Waals surface area contributed by atoms with Gasteiger partial charge in [-0.3, -0.25) is 19.3 Å². The van der Waals surface area contributed by atoms with Gasteiger partial charge in [0.25, 0.3) is 11.8 Å². The fraction of sp³-hybridized carbons (Fsp3) is 0.222. The van der Waals surface area contributed by atoms with Crippen LogP contribution in [-0.4, -0.2) is 34.2 Å². The van der Waals surface area contributed by atoms with E-state index in [4.69, 9.17) is 0 Å². The number of hydrogen-bond donors (Lipinski definition) is 1. The third-order valence-electron chi connectivity index (χ3n) is 3.90. The van der Waals surface area contributed by atoms with E-state index in [-0.39, 0.29) is 30.7 Å². The fourth-order valence-corrected chi connectivity index (χ4v) is 3.03. The number of anilines is 1. The number of hydrogen-bond acceptors (Lipinski definition) is 4. The summed E-state index contributed by atoms with van der Waals surface area (Å²) in [7, 11) is 0. The summed E-state index contributed by atoms with van der Waals surface area (Å²) in [6.45, 7) is 2.12. The molecule has 1 aromatic carbocycles. The van der Waals surface area contributed by atoms with Crippen molar-refractivity contribution in [1.29, 1.82) is 0 Å². The maximum absolute atomic E-state index is 12.3. The van der Waals surface area contributed by atoms with Gasteiger partial charge in [0.2, 0.25) is 5.91 Å². The third kappa shape index (κ3) is 3.76. The Kier molecular flexibility index (Phi) is 4.94. The van der Waals surface area contributed by atoms with Crippen LogP contribution < -0.4 is 5.32 Å². The summed E-state index contributed by atoms with van der Waals surface area (Å²) >= 11 is 3.30. The molecule has 1 aromatic heterocycles. The van der Waals surface area contributed by atoms with Gasteiger partial charge in [0.1, 0.15) is 5.82 Å². The minimum absolute atomic E-state index is 0.197. The number of aryl methyl sites for hydroxylation is 1. The molecular weight excluding hydrogens is 386 g/mol. The highest BCUT2D eigenvalue weighted by Crippen LogP contribution is 2.26. The summed E-state index contributed by atoms with van der Waals surface area (Å²) < 4.78 is 0.749. The van der Waals surface area contributed by atoms with Crippen molar-refractivity contribution in [2.75, 3.05) is 11.9 Å². The van der Waals surface area contributed by atoms with Crippen LogP contribution in [0.4, 0.5) is 5.82 Å². The molecule has 0 fully saturated rings. The molecule has 3 rings (SSSR count). The second-order valence-electron chi connectivity index (χ2n) is 5.82. The van der Waals surface area contributed by atoms with Gasteiger partial charge in [0, 0.05) is 23.6 Å². The minimum atomic E-state index is -0.318. The van der Waals surface area contributed by atoms with Gasteiger partial charge in [-0.25, -0.2) is 4.98 Å². The number of carbonyl (C=O) groups excluding carboxylic acids is 3. The van der Waals surface area contributed by atoms with Crippen molar-refractivity contribution in [3.63, 3.8) is 0 Å². The smallest absolute Gasteiger partial charge is 0.261 e. The Hall–Kier alpha value is -2.54. The van der Waals surface area contributed by atoms with Crippen molar-refractivity contribution in [1.82, 2.24) is 9.88 Å². The lowest BCUT2D eigenvalue weighted by molar-refractivity contribution is -0.116. The molecule has 25 heavy (non-hydrogen) atoms. The van der Waals surface area contributed by atoms with Crippen molar-refractivity contribution in [3.05, 3.63) is 57.7 Å². The Bertz CT molecular complexity index is 866. The number of nitrogens with zero attached hydrogens (tertiary/aromatic N) is 2. The van der Waals surface area contributed by atoms with E-state index >= 15 is 0 Å². The second kappa shape index (κ2) is 7.14. The number of amides is 3. The Labute approximate surface area is 153 Å². The Morgan fingerprint density at radius 1 is 1.16 bits per heavy atom. The monoisotopic (exact) mass is 401 g/mol. The van der Waals surface area contributed by atoms with Gasteiger partial charge in [0.15, 0.2) is 0 Å². The Morgan fingerprint density at radius 3 is 2.68 bits per heavy atom. The number of pyridine rings is 1. The first-order chi connectivity index (χ1) is 12.0. The van der Waals surface area contributed by atoms with Crippen LogP contribution >= 0.6 is 15.9 Å². The molecule has 0 atom stereocenters. The number of nitrogens with one attached hydrogen (secondary N) is 1. The molecule has 0 saturated heterocycles. The number of halogens is 1. The molecule has 1 N–H and O–H groups in total. The van der Waals surface area contributed by atoms with Gasteiger partial charge in [-0.15, -0.1) is 0 Å². The molecule has 0 spiro atoms. The van der Waals surface area contributed by atoms with Crippen molar-refractivity contribution in [3.8, 4) is 0 Å². The second-order valence-corrected chi connectivity index (χ2v) is 6.74. The zero-order valence-corrected chi connectivity index (χ0v) is 15.2. The summed E-state index contributed by atoms with van der Waals surface area (Å²) in [5.41, 5.74) is 1.80. The first kappa shape index (κ1) is 17.3. The first-order valence-corrected chi connectivity index (χ1v) is 8.63. The largest absolute Gasteiger partial charge is 0.311 e. The summed E-state index contributed by atoms with van der Waals surface area (Å²) in [5, 5.41) is 2.71. The van der Waals surface area contributed by atoms with Crippen LogP contribution in [-0.2, 0) is 4.79 Å². The van der Waals surface area contributed by atoms with Gasteiger partial charge in [-0.2, -0.15) is 0 Å². The number of benzene rings is 1. The molecule has 1 aliphatic heterocycles. The van der Waals surface area contributed by atoms with E-state index < -0.39 is 0 Å². The van der Waals surface area contributed by atoms with Crippen LogP contribution in [0.1, 0.15) is 39.1 Å². The number of rotatable bonds is 5. The lowest BCUT2D eigenvalue weighted by atomic mass is 10.1. The molecule has 128 valence electrons. The molecule has 0 bridgehead atoms. The van der Waals surface area contributed by atoms with E-state index in [1.54, 1.807) is 30.5 Å². The number of aromatic nitrogens is 1. The fourth-order valence-electron chi connectivity index (χ4n) is 2.67. The molecule has 3 amide bonds. The van der Waals surface area contributed by atoms with Gasteiger partial charge >= 0.3 is 0 Å². The Morgan fingerprint density at radius 2 is 1.92 bits per heavy atom.